The molecule has 0 aliphatic rings. The highest BCUT2D eigenvalue weighted by molar-refractivity contribution is 7.09. The van der Waals surface area contributed by atoms with Crippen molar-refractivity contribution in [3.63, 3.8) is 0 Å². The Morgan fingerprint density at radius 2 is 2.10 bits per heavy atom. The van der Waals surface area contributed by atoms with E-state index >= 15 is 0 Å². The van der Waals surface area contributed by atoms with Crippen LogP contribution in [0.1, 0.15) is 18.7 Å². The zero-order chi connectivity index (χ0) is 14.4. The van der Waals surface area contributed by atoms with Crippen LogP contribution in [0, 0.1) is 5.82 Å². The van der Waals surface area contributed by atoms with E-state index in [0.29, 0.717) is 6.04 Å². The molecule has 0 atom stereocenters. The average molecular weight is 292 g/mol. The van der Waals surface area contributed by atoms with E-state index in [-0.39, 0.29) is 5.82 Å². The average Bonchev–Trinajstić information content (AvgIpc) is 2.90. The zero-order valence-electron chi connectivity index (χ0n) is 12.0. The van der Waals surface area contributed by atoms with E-state index in [4.69, 9.17) is 0 Å². The first-order valence-electron chi connectivity index (χ1n) is 6.91. The number of nitrogens with one attached hydrogen (secondary N) is 1. The molecule has 1 N–H and O–H groups in total. The van der Waals surface area contributed by atoms with E-state index in [1.807, 2.05) is 6.07 Å². The van der Waals surface area contributed by atoms with Gasteiger partial charge in [0.15, 0.2) is 0 Å². The summed E-state index contributed by atoms with van der Waals surface area (Å²) in [6.07, 6.45) is 0. The van der Waals surface area contributed by atoms with E-state index in [0.717, 1.165) is 25.3 Å². The molecule has 0 amide bonds. The van der Waals surface area contributed by atoms with Crippen molar-refractivity contribution in [2.24, 2.45) is 0 Å². The van der Waals surface area contributed by atoms with Crippen molar-refractivity contribution in [1.29, 1.82) is 0 Å². The molecule has 108 valence electrons. The Kier molecular flexibility index (Phi) is 5.56. The number of benzene rings is 1. The fourth-order valence-corrected chi connectivity index (χ4v) is 2.79. The molecule has 1 aromatic carbocycles. The second kappa shape index (κ2) is 7.41. The molecule has 0 spiro atoms. The minimum absolute atomic E-state index is 0.200. The molecule has 20 heavy (non-hydrogen) atoms. The van der Waals surface area contributed by atoms with E-state index in [9.17, 15) is 4.39 Å². The lowest BCUT2D eigenvalue weighted by Gasteiger charge is -2.26. The Labute approximate surface area is 124 Å². The van der Waals surface area contributed by atoms with Crippen LogP contribution in [-0.4, -0.2) is 24.0 Å². The lowest BCUT2D eigenvalue weighted by molar-refractivity contribution is 0.223. The summed E-state index contributed by atoms with van der Waals surface area (Å²) in [5.74, 6) is -0.200. The lowest BCUT2D eigenvalue weighted by atomic mass is 10.3. The Hall–Kier alpha value is -1.39. The summed E-state index contributed by atoms with van der Waals surface area (Å²) in [5, 5.41) is 5.38. The summed E-state index contributed by atoms with van der Waals surface area (Å²) in [7, 11) is 0. The Balaban J connectivity index is 1.83. The monoisotopic (exact) mass is 292 g/mol. The van der Waals surface area contributed by atoms with Gasteiger partial charge in [-0.3, -0.25) is 4.90 Å². The van der Waals surface area contributed by atoms with Crippen molar-refractivity contribution in [3.05, 3.63) is 52.5 Å². The van der Waals surface area contributed by atoms with Crippen molar-refractivity contribution in [2.45, 2.75) is 26.4 Å². The van der Waals surface area contributed by atoms with Gasteiger partial charge in [0.2, 0.25) is 0 Å². The minimum atomic E-state index is -0.200. The molecule has 0 fully saturated rings. The lowest BCUT2D eigenvalue weighted by Crippen LogP contribution is -2.34. The van der Waals surface area contributed by atoms with Gasteiger partial charge in [-0.05, 0) is 43.5 Å². The molecule has 1 heterocycles. The van der Waals surface area contributed by atoms with Crippen LogP contribution in [0.2, 0.25) is 0 Å². The summed E-state index contributed by atoms with van der Waals surface area (Å²) >= 11 is 1.79. The van der Waals surface area contributed by atoms with Crippen molar-refractivity contribution in [1.82, 2.24) is 4.90 Å². The van der Waals surface area contributed by atoms with Crippen LogP contribution >= 0.6 is 11.3 Å². The first-order chi connectivity index (χ1) is 9.65. The highest BCUT2D eigenvalue weighted by Gasteiger charge is 2.10. The highest BCUT2D eigenvalue weighted by atomic mass is 32.1. The zero-order valence-corrected chi connectivity index (χ0v) is 12.8. The number of anilines is 1. The van der Waals surface area contributed by atoms with Gasteiger partial charge in [0, 0.05) is 36.2 Å². The number of hydrogen-bond acceptors (Lipinski definition) is 3. The highest BCUT2D eigenvalue weighted by Crippen LogP contribution is 2.14. The molecule has 0 unspecified atom stereocenters. The summed E-state index contributed by atoms with van der Waals surface area (Å²) in [4.78, 5) is 3.79. The fraction of sp³-hybridized carbons (Fsp3) is 0.375. The van der Waals surface area contributed by atoms with Crippen LogP contribution in [0.4, 0.5) is 10.1 Å². The smallest absolute Gasteiger partial charge is 0.125 e. The number of nitrogens with zero attached hydrogens (tertiary/aromatic N) is 1. The van der Waals surface area contributed by atoms with Gasteiger partial charge in [0.05, 0.1) is 0 Å². The van der Waals surface area contributed by atoms with Crippen LogP contribution in [0.3, 0.4) is 0 Å². The summed E-state index contributed by atoms with van der Waals surface area (Å²) in [5.41, 5.74) is 0.838. The van der Waals surface area contributed by atoms with E-state index in [2.05, 4.69) is 41.6 Å². The fourth-order valence-electron chi connectivity index (χ4n) is 2.06. The van der Waals surface area contributed by atoms with Crippen LogP contribution in [-0.2, 0) is 6.54 Å². The third-order valence-electron chi connectivity index (χ3n) is 3.22. The van der Waals surface area contributed by atoms with Crippen LogP contribution in [0.15, 0.2) is 41.8 Å². The molecule has 1 aromatic heterocycles. The van der Waals surface area contributed by atoms with Gasteiger partial charge in [-0.2, -0.15) is 0 Å². The number of hydrogen-bond donors (Lipinski definition) is 1. The van der Waals surface area contributed by atoms with Gasteiger partial charge in [0.25, 0.3) is 0 Å². The second-order valence-electron chi connectivity index (χ2n) is 5.08. The third kappa shape index (κ3) is 4.62. The normalized spacial score (nSPS) is 11.2. The van der Waals surface area contributed by atoms with Crippen molar-refractivity contribution < 1.29 is 4.39 Å². The molecule has 2 nitrogen and oxygen atoms in total. The minimum Gasteiger partial charge on any atom is -0.384 e. The topological polar surface area (TPSA) is 15.3 Å². The predicted molar refractivity (Wildman–Crippen MR) is 84.8 cm³/mol. The van der Waals surface area contributed by atoms with Gasteiger partial charge >= 0.3 is 0 Å². The molecular formula is C16H21FN2S. The molecular weight excluding hydrogens is 271 g/mol. The maximum absolute atomic E-state index is 13.1. The van der Waals surface area contributed by atoms with Crippen LogP contribution in [0.5, 0.6) is 0 Å². The van der Waals surface area contributed by atoms with Gasteiger partial charge in [-0.25, -0.2) is 4.39 Å². The molecule has 4 heteroatoms. The Bertz CT molecular complexity index is 511. The molecule has 0 radical (unpaired) electrons. The van der Waals surface area contributed by atoms with Crippen LogP contribution < -0.4 is 5.32 Å². The molecule has 2 rings (SSSR count). The Morgan fingerprint density at radius 1 is 1.25 bits per heavy atom. The molecule has 0 aliphatic carbocycles. The summed E-state index contributed by atoms with van der Waals surface area (Å²) in [6.45, 7) is 7.13. The van der Waals surface area contributed by atoms with Crippen LogP contribution in [0.25, 0.3) is 0 Å². The number of thiophene rings is 1. The maximum atomic E-state index is 13.1. The summed E-state index contributed by atoms with van der Waals surface area (Å²) < 4.78 is 13.1. The first kappa shape index (κ1) is 15.0. The molecule has 0 saturated heterocycles. The third-order valence-corrected chi connectivity index (χ3v) is 4.08. The largest absolute Gasteiger partial charge is 0.384 e. The Morgan fingerprint density at radius 3 is 2.75 bits per heavy atom. The van der Waals surface area contributed by atoms with E-state index in [1.54, 1.807) is 17.4 Å². The predicted octanol–water partition coefficient (Wildman–Crippen LogP) is 4.21. The quantitative estimate of drug-likeness (QED) is 0.822. The standard InChI is InChI=1S/C16H21FN2S/c1-13(2)19(12-16-7-4-10-20-16)9-8-18-15-6-3-5-14(17)11-15/h3-7,10-11,13,18H,8-9,12H2,1-2H3. The molecule has 0 bridgehead atoms. The summed E-state index contributed by atoms with van der Waals surface area (Å²) in [6, 6.07) is 11.3. The van der Waals surface area contributed by atoms with E-state index in [1.165, 1.54) is 17.0 Å². The molecule has 2 aromatic rings. The number of halogens is 1. The first-order valence-corrected chi connectivity index (χ1v) is 7.79. The van der Waals surface area contributed by atoms with Gasteiger partial charge in [-0.15, -0.1) is 11.3 Å². The SMILES string of the molecule is CC(C)N(CCNc1cccc(F)c1)Cc1cccs1. The van der Waals surface area contributed by atoms with Gasteiger partial charge in [-0.1, -0.05) is 12.1 Å². The van der Waals surface area contributed by atoms with Crippen molar-refractivity contribution >= 4 is 17.0 Å². The number of rotatable bonds is 7. The second-order valence-corrected chi connectivity index (χ2v) is 6.11. The van der Waals surface area contributed by atoms with Crippen molar-refractivity contribution in [2.75, 3.05) is 18.4 Å². The maximum Gasteiger partial charge on any atom is 0.125 e. The van der Waals surface area contributed by atoms with Crippen molar-refractivity contribution in [3.8, 4) is 0 Å². The molecule has 0 aliphatic heterocycles. The van der Waals surface area contributed by atoms with E-state index < -0.39 is 0 Å². The van der Waals surface area contributed by atoms with Gasteiger partial charge in [0.1, 0.15) is 5.82 Å². The van der Waals surface area contributed by atoms with Gasteiger partial charge < -0.3 is 5.32 Å². The molecule has 0 saturated carbocycles.